The summed E-state index contributed by atoms with van der Waals surface area (Å²) in [5.41, 5.74) is 3.25. The lowest BCUT2D eigenvalue weighted by Crippen LogP contribution is -2.22. The second-order valence-electron chi connectivity index (χ2n) is 5.76. The number of carbonyl (C=O) groups excluding carboxylic acids is 2. The van der Waals surface area contributed by atoms with E-state index in [1.807, 2.05) is 49.4 Å². The average Bonchev–Trinajstić information content (AvgIpc) is 3.08. The van der Waals surface area contributed by atoms with E-state index in [4.69, 9.17) is 0 Å². The Labute approximate surface area is 156 Å². The van der Waals surface area contributed by atoms with Gasteiger partial charge in [0.1, 0.15) is 9.88 Å². The van der Waals surface area contributed by atoms with Gasteiger partial charge in [-0.15, -0.1) is 11.3 Å². The molecule has 26 heavy (non-hydrogen) atoms. The molecule has 0 bridgehead atoms. The van der Waals surface area contributed by atoms with Gasteiger partial charge in [0.05, 0.1) is 5.69 Å². The fraction of sp³-hybridized carbons (Fsp3) is 0.150. The maximum Gasteiger partial charge on any atom is 0.263 e. The average molecular weight is 365 g/mol. The summed E-state index contributed by atoms with van der Waals surface area (Å²) in [6.45, 7) is 2.24. The smallest absolute Gasteiger partial charge is 0.263 e. The van der Waals surface area contributed by atoms with Crippen LogP contribution in [-0.4, -0.2) is 23.8 Å². The molecule has 2 aromatic carbocycles. The van der Waals surface area contributed by atoms with Gasteiger partial charge in [0.2, 0.25) is 0 Å². The fourth-order valence-corrected chi connectivity index (χ4v) is 3.48. The molecule has 2 N–H and O–H groups in total. The van der Waals surface area contributed by atoms with E-state index in [2.05, 4.69) is 15.6 Å². The molecule has 3 aromatic rings. The van der Waals surface area contributed by atoms with Crippen LogP contribution in [-0.2, 0) is 6.54 Å². The zero-order valence-electron chi connectivity index (χ0n) is 14.6. The molecule has 3 rings (SSSR count). The highest BCUT2D eigenvalue weighted by Crippen LogP contribution is 2.27. The summed E-state index contributed by atoms with van der Waals surface area (Å²) in [7, 11) is 1.59. The Hall–Kier alpha value is -2.99. The molecular formula is C20H19N3O2S. The van der Waals surface area contributed by atoms with Crippen LogP contribution in [0.3, 0.4) is 0 Å². The lowest BCUT2D eigenvalue weighted by atomic mass is 10.1. The predicted octanol–water partition coefficient (Wildman–Crippen LogP) is 3.41. The summed E-state index contributed by atoms with van der Waals surface area (Å²) in [5, 5.41) is 6.33. The normalized spacial score (nSPS) is 10.4. The minimum Gasteiger partial charge on any atom is -0.355 e. The Bertz CT molecular complexity index is 918. The van der Waals surface area contributed by atoms with Crippen molar-refractivity contribution < 1.29 is 9.59 Å². The summed E-state index contributed by atoms with van der Waals surface area (Å²) in [4.78, 5) is 29.2. The molecule has 2 amide bonds. The zero-order valence-corrected chi connectivity index (χ0v) is 15.4. The third kappa shape index (κ3) is 3.97. The van der Waals surface area contributed by atoms with E-state index in [9.17, 15) is 9.59 Å². The lowest BCUT2D eigenvalue weighted by molar-refractivity contribution is 0.0948. The Morgan fingerprint density at radius 3 is 2.35 bits per heavy atom. The standard InChI is InChI=1S/C20H19N3O2S/c1-13-17(26-20(23-13)16-6-4-3-5-7-16)19(25)22-12-14-8-10-15(11-9-14)18(24)21-2/h3-11H,12H2,1-2H3,(H,21,24)(H,22,25). The van der Waals surface area contributed by atoms with Crippen molar-refractivity contribution >= 4 is 23.2 Å². The number of benzene rings is 2. The second-order valence-corrected chi connectivity index (χ2v) is 6.76. The van der Waals surface area contributed by atoms with E-state index >= 15 is 0 Å². The van der Waals surface area contributed by atoms with Crippen molar-refractivity contribution in [3.63, 3.8) is 0 Å². The molecule has 1 heterocycles. The molecular weight excluding hydrogens is 346 g/mol. The molecule has 0 unspecified atom stereocenters. The van der Waals surface area contributed by atoms with Gasteiger partial charge in [-0.25, -0.2) is 4.98 Å². The quantitative estimate of drug-likeness (QED) is 0.728. The van der Waals surface area contributed by atoms with Gasteiger partial charge in [0, 0.05) is 24.7 Å². The van der Waals surface area contributed by atoms with Crippen LogP contribution in [0.5, 0.6) is 0 Å². The van der Waals surface area contributed by atoms with Crippen LogP contribution in [0.25, 0.3) is 10.6 Å². The molecule has 0 aliphatic carbocycles. The molecule has 0 atom stereocenters. The first-order chi connectivity index (χ1) is 12.6. The van der Waals surface area contributed by atoms with Crippen LogP contribution in [0.1, 0.15) is 31.3 Å². The monoisotopic (exact) mass is 365 g/mol. The van der Waals surface area contributed by atoms with Crippen molar-refractivity contribution in [1.82, 2.24) is 15.6 Å². The number of nitrogens with one attached hydrogen (secondary N) is 2. The number of aromatic nitrogens is 1. The molecule has 6 heteroatoms. The number of nitrogens with zero attached hydrogens (tertiary/aromatic N) is 1. The summed E-state index contributed by atoms with van der Waals surface area (Å²) in [6, 6.07) is 17.0. The molecule has 0 saturated carbocycles. The van der Waals surface area contributed by atoms with Gasteiger partial charge in [0.15, 0.2) is 0 Å². The highest BCUT2D eigenvalue weighted by Gasteiger charge is 2.16. The van der Waals surface area contributed by atoms with Gasteiger partial charge < -0.3 is 10.6 Å². The Balaban J connectivity index is 1.67. The van der Waals surface area contributed by atoms with Crippen molar-refractivity contribution in [2.75, 3.05) is 7.05 Å². The van der Waals surface area contributed by atoms with E-state index in [1.54, 1.807) is 19.2 Å². The van der Waals surface area contributed by atoms with Crippen LogP contribution < -0.4 is 10.6 Å². The van der Waals surface area contributed by atoms with E-state index < -0.39 is 0 Å². The number of aryl methyl sites for hydroxylation is 1. The first-order valence-corrected chi connectivity index (χ1v) is 9.02. The highest BCUT2D eigenvalue weighted by atomic mass is 32.1. The van der Waals surface area contributed by atoms with Crippen LogP contribution in [0.4, 0.5) is 0 Å². The van der Waals surface area contributed by atoms with E-state index in [-0.39, 0.29) is 11.8 Å². The maximum absolute atomic E-state index is 12.5. The summed E-state index contributed by atoms with van der Waals surface area (Å²) < 4.78 is 0. The number of carbonyl (C=O) groups is 2. The minimum absolute atomic E-state index is 0.130. The topological polar surface area (TPSA) is 71.1 Å². The van der Waals surface area contributed by atoms with Crippen molar-refractivity contribution in [1.29, 1.82) is 0 Å². The Morgan fingerprint density at radius 1 is 1.00 bits per heavy atom. The van der Waals surface area contributed by atoms with Gasteiger partial charge in [-0.1, -0.05) is 42.5 Å². The number of hydrogen-bond donors (Lipinski definition) is 2. The molecule has 1 aromatic heterocycles. The molecule has 132 valence electrons. The molecule has 0 spiro atoms. The van der Waals surface area contributed by atoms with Crippen LogP contribution in [0, 0.1) is 6.92 Å². The van der Waals surface area contributed by atoms with Crippen LogP contribution >= 0.6 is 11.3 Å². The van der Waals surface area contributed by atoms with Crippen LogP contribution in [0.15, 0.2) is 54.6 Å². The van der Waals surface area contributed by atoms with Crippen molar-refractivity contribution in [2.24, 2.45) is 0 Å². The lowest BCUT2D eigenvalue weighted by Gasteiger charge is -2.05. The Kier molecular flexibility index (Phi) is 5.43. The predicted molar refractivity (Wildman–Crippen MR) is 103 cm³/mol. The van der Waals surface area contributed by atoms with E-state index in [0.29, 0.717) is 17.0 Å². The number of amides is 2. The molecule has 0 fully saturated rings. The zero-order chi connectivity index (χ0) is 18.5. The van der Waals surface area contributed by atoms with Gasteiger partial charge in [0.25, 0.3) is 11.8 Å². The van der Waals surface area contributed by atoms with Crippen molar-refractivity contribution in [3.8, 4) is 10.6 Å². The summed E-state index contributed by atoms with van der Waals surface area (Å²) in [6.07, 6.45) is 0. The fourth-order valence-electron chi connectivity index (χ4n) is 2.49. The largest absolute Gasteiger partial charge is 0.355 e. The SMILES string of the molecule is CNC(=O)c1ccc(CNC(=O)c2sc(-c3ccccc3)nc2C)cc1. The number of thiazole rings is 1. The second kappa shape index (κ2) is 7.93. The van der Waals surface area contributed by atoms with Crippen LogP contribution in [0.2, 0.25) is 0 Å². The summed E-state index contributed by atoms with van der Waals surface area (Å²) >= 11 is 1.39. The third-order valence-corrected chi connectivity index (χ3v) is 5.13. The molecule has 0 aliphatic rings. The van der Waals surface area contributed by atoms with E-state index in [1.165, 1.54) is 11.3 Å². The van der Waals surface area contributed by atoms with Gasteiger partial charge in [-0.05, 0) is 24.6 Å². The molecule has 0 radical (unpaired) electrons. The number of rotatable bonds is 5. The molecule has 0 aliphatic heterocycles. The molecule has 5 nitrogen and oxygen atoms in total. The number of hydrogen-bond acceptors (Lipinski definition) is 4. The third-order valence-electron chi connectivity index (χ3n) is 3.92. The Morgan fingerprint density at radius 2 is 1.69 bits per heavy atom. The van der Waals surface area contributed by atoms with Crippen molar-refractivity contribution in [2.45, 2.75) is 13.5 Å². The first-order valence-electron chi connectivity index (χ1n) is 8.20. The van der Waals surface area contributed by atoms with E-state index in [0.717, 1.165) is 21.8 Å². The maximum atomic E-state index is 12.5. The van der Waals surface area contributed by atoms with Gasteiger partial charge >= 0.3 is 0 Å². The van der Waals surface area contributed by atoms with Gasteiger partial charge in [-0.2, -0.15) is 0 Å². The van der Waals surface area contributed by atoms with Gasteiger partial charge in [-0.3, -0.25) is 9.59 Å². The molecule has 0 saturated heterocycles. The first kappa shape index (κ1) is 17.8. The summed E-state index contributed by atoms with van der Waals surface area (Å²) in [5.74, 6) is -0.271. The highest BCUT2D eigenvalue weighted by molar-refractivity contribution is 7.17. The minimum atomic E-state index is -0.141. The van der Waals surface area contributed by atoms with Crippen molar-refractivity contribution in [3.05, 3.63) is 76.3 Å².